The van der Waals surface area contributed by atoms with Crippen LogP contribution < -0.4 is 5.73 Å². The van der Waals surface area contributed by atoms with Gasteiger partial charge in [-0.25, -0.2) is 0 Å². The van der Waals surface area contributed by atoms with Crippen LogP contribution in [0, 0.1) is 0 Å². The first-order valence-corrected chi connectivity index (χ1v) is 5.47. The van der Waals surface area contributed by atoms with Crippen molar-refractivity contribution in [2.75, 3.05) is 6.61 Å². The summed E-state index contributed by atoms with van der Waals surface area (Å²) >= 11 is 0. The third-order valence-corrected chi connectivity index (χ3v) is 2.66. The van der Waals surface area contributed by atoms with E-state index in [1.54, 1.807) is 6.08 Å². The first-order chi connectivity index (χ1) is 8.20. The van der Waals surface area contributed by atoms with E-state index in [0.717, 1.165) is 17.0 Å². The molecule has 0 unspecified atom stereocenters. The lowest BCUT2D eigenvalue weighted by Crippen LogP contribution is -2.16. The number of aliphatic hydroxyl groups is 1. The lowest BCUT2D eigenvalue weighted by Gasteiger charge is -2.03. The van der Waals surface area contributed by atoms with E-state index in [0.29, 0.717) is 18.4 Å². The summed E-state index contributed by atoms with van der Waals surface area (Å²) in [6, 6.07) is 7.55. The van der Waals surface area contributed by atoms with E-state index in [1.807, 2.05) is 24.3 Å². The van der Waals surface area contributed by atoms with Crippen molar-refractivity contribution in [1.29, 1.82) is 0 Å². The zero-order chi connectivity index (χ0) is 12.3. The van der Waals surface area contributed by atoms with Gasteiger partial charge in [0.1, 0.15) is 0 Å². The van der Waals surface area contributed by atoms with Gasteiger partial charge in [0.05, 0.1) is 5.69 Å². The summed E-state index contributed by atoms with van der Waals surface area (Å²) in [4.78, 5) is 15.8. The summed E-state index contributed by atoms with van der Waals surface area (Å²) < 4.78 is 0. The van der Waals surface area contributed by atoms with Crippen LogP contribution in [-0.4, -0.2) is 23.3 Å². The molecule has 0 spiro atoms. The highest BCUT2D eigenvalue weighted by Crippen LogP contribution is 2.27. The number of hydrogen-bond donors (Lipinski definition) is 2. The van der Waals surface area contributed by atoms with Crippen molar-refractivity contribution in [3.8, 4) is 0 Å². The number of primary amides is 1. The van der Waals surface area contributed by atoms with Crippen LogP contribution in [0.15, 0.2) is 34.8 Å². The van der Waals surface area contributed by atoms with Gasteiger partial charge >= 0.3 is 0 Å². The first-order valence-electron chi connectivity index (χ1n) is 5.47. The molecule has 1 aromatic carbocycles. The summed E-state index contributed by atoms with van der Waals surface area (Å²) in [5, 5.41) is 8.97. The van der Waals surface area contributed by atoms with Crippen LogP contribution in [0.2, 0.25) is 0 Å². The minimum absolute atomic E-state index is 0.0209. The van der Waals surface area contributed by atoms with Crippen molar-refractivity contribution in [3.63, 3.8) is 0 Å². The Balaban J connectivity index is 2.48. The van der Waals surface area contributed by atoms with Crippen molar-refractivity contribution in [2.24, 2.45) is 10.7 Å². The van der Waals surface area contributed by atoms with Gasteiger partial charge in [-0.3, -0.25) is 9.79 Å². The standard InChI is InChI=1S/C13H14N2O2/c14-13(17)10-7-9-3-1-2-4-12(9)15-11(8-10)5-6-16/h1-4,7,16H,5-6,8H2,(H2,14,17). The number of aliphatic hydroxyl groups excluding tert-OH is 1. The summed E-state index contributed by atoms with van der Waals surface area (Å²) in [5.74, 6) is -0.438. The maximum Gasteiger partial charge on any atom is 0.245 e. The lowest BCUT2D eigenvalue weighted by atomic mass is 10.0. The maximum atomic E-state index is 11.3. The van der Waals surface area contributed by atoms with E-state index in [4.69, 9.17) is 10.8 Å². The number of fused-ring (bicyclic) bond motifs is 1. The monoisotopic (exact) mass is 230 g/mol. The minimum Gasteiger partial charge on any atom is -0.396 e. The number of aliphatic imine (C=N–C) groups is 1. The van der Waals surface area contributed by atoms with E-state index in [1.165, 1.54) is 0 Å². The molecule has 3 N–H and O–H groups in total. The minimum atomic E-state index is -0.438. The predicted molar refractivity (Wildman–Crippen MR) is 67.0 cm³/mol. The number of carbonyl (C=O) groups excluding carboxylic acids is 1. The molecular formula is C13H14N2O2. The van der Waals surface area contributed by atoms with Crippen LogP contribution in [0.3, 0.4) is 0 Å². The quantitative estimate of drug-likeness (QED) is 0.823. The molecule has 17 heavy (non-hydrogen) atoms. The fourth-order valence-electron chi connectivity index (χ4n) is 1.81. The Kier molecular flexibility index (Phi) is 3.35. The molecule has 0 bridgehead atoms. The number of amides is 1. The Hall–Kier alpha value is -1.94. The van der Waals surface area contributed by atoms with E-state index < -0.39 is 5.91 Å². The van der Waals surface area contributed by atoms with Crippen molar-refractivity contribution in [1.82, 2.24) is 0 Å². The molecule has 0 saturated carbocycles. The van der Waals surface area contributed by atoms with Crippen LogP contribution >= 0.6 is 0 Å². The second kappa shape index (κ2) is 4.93. The number of benzene rings is 1. The molecule has 0 radical (unpaired) electrons. The number of para-hydroxylation sites is 1. The molecule has 1 aromatic rings. The van der Waals surface area contributed by atoms with Crippen LogP contribution in [0.4, 0.5) is 5.69 Å². The highest BCUT2D eigenvalue weighted by Gasteiger charge is 2.14. The molecule has 0 saturated heterocycles. The maximum absolute atomic E-state index is 11.3. The Bertz CT molecular complexity index is 504. The van der Waals surface area contributed by atoms with Crippen molar-refractivity contribution >= 4 is 23.4 Å². The van der Waals surface area contributed by atoms with Crippen LogP contribution in [0.1, 0.15) is 18.4 Å². The summed E-state index contributed by atoms with van der Waals surface area (Å²) in [6.07, 6.45) is 2.63. The molecule has 0 aromatic heterocycles. The molecule has 4 heteroatoms. The van der Waals surface area contributed by atoms with E-state index >= 15 is 0 Å². The van der Waals surface area contributed by atoms with Crippen LogP contribution in [-0.2, 0) is 4.79 Å². The third kappa shape index (κ3) is 2.60. The highest BCUT2D eigenvalue weighted by molar-refractivity contribution is 6.05. The van der Waals surface area contributed by atoms with Crippen molar-refractivity contribution in [3.05, 3.63) is 35.4 Å². The van der Waals surface area contributed by atoms with Gasteiger partial charge in [0, 0.05) is 36.3 Å². The number of nitrogens with two attached hydrogens (primary N) is 1. The van der Waals surface area contributed by atoms with E-state index in [-0.39, 0.29) is 6.61 Å². The molecule has 1 amide bonds. The average Bonchev–Trinajstić information content (AvgIpc) is 2.48. The number of rotatable bonds is 3. The largest absolute Gasteiger partial charge is 0.396 e. The molecular weight excluding hydrogens is 216 g/mol. The zero-order valence-corrected chi connectivity index (χ0v) is 9.39. The molecule has 0 aliphatic carbocycles. The molecule has 88 valence electrons. The number of hydrogen-bond acceptors (Lipinski definition) is 3. The molecule has 1 aliphatic heterocycles. The van der Waals surface area contributed by atoms with Gasteiger partial charge in [-0.05, 0) is 12.1 Å². The molecule has 1 aliphatic rings. The molecule has 0 atom stereocenters. The van der Waals surface area contributed by atoms with Crippen LogP contribution in [0.25, 0.3) is 6.08 Å². The summed E-state index contributed by atoms with van der Waals surface area (Å²) in [7, 11) is 0. The van der Waals surface area contributed by atoms with Gasteiger partial charge in [0.2, 0.25) is 5.91 Å². The fraction of sp³-hybridized carbons (Fsp3) is 0.231. The molecule has 2 rings (SSSR count). The lowest BCUT2D eigenvalue weighted by molar-refractivity contribution is -0.114. The average molecular weight is 230 g/mol. The Morgan fingerprint density at radius 1 is 1.41 bits per heavy atom. The zero-order valence-electron chi connectivity index (χ0n) is 9.39. The Labute approximate surface area is 99.5 Å². The second-order valence-corrected chi connectivity index (χ2v) is 3.92. The summed E-state index contributed by atoms with van der Waals surface area (Å²) in [6.45, 7) is 0.0209. The first kappa shape index (κ1) is 11.5. The van der Waals surface area contributed by atoms with E-state index in [9.17, 15) is 4.79 Å². The topological polar surface area (TPSA) is 75.7 Å². The van der Waals surface area contributed by atoms with Gasteiger partial charge < -0.3 is 10.8 Å². The van der Waals surface area contributed by atoms with Gasteiger partial charge in [0.15, 0.2) is 0 Å². The number of nitrogens with zero attached hydrogens (tertiary/aromatic N) is 1. The van der Waals surface area contributed by atoms with Gasteiger partial charge in [0.25, 0.3) is 0 Å². The molecule has 1 heterocycles. The van der Waals surface area contributed by atoms with Gasteiger partial charge in [-0.2, -0.15) is 0 Å². The van der Waals surface area contributed by atoms with Crippen LogP contribution in [0.5, 0.6) is 0 Å². The number of carbonyl (C=O) groups is 1. The van der Waals surface area contributed by atoms with Gasteiger partial charge in [-0.1, -0.05) is 18.2 Å². The summed E-state index contributed by atoms with van der Waals surface area (Å²) in [5.41, 5.74) is 8.33. The highest BCUT2D eigenvalue weighted by atomic mass is 16.3. The SMILES string of the molecule is NC(=O)C1=Cc2ccccc2N=C(CCO)C1. The predicted octanol–water partition coefficient (Wildman–Crippen LogP) is 1.41. The Morgan fingerprint density at radius 2 is 2.18 bits per heavy atom. The molecule has 4 nitrogen and oxygen atoms in total. The van der Waals surface area contributed by atoms with Crippen molar-refractivity contribution in [2.45, 2.75) is 12.8 Å². The van der Waals surface area contributed by atoms with E-state index in [2.05, 4.69) is 4.99 Å². The Morgan fingerprint density at radius 3 is 2.88 bits per heavy atom. The van der Waals surface area contributed by atoms with Gasteiger partial charge in [-0.15, -0.1) is 0 Å². The second-order valence-electron chi connectivity index (χ2n) is 3.92. The fourth-order valence-corrected chi connectivity index (χ4v) is 1.81. The smallest absolute Gasteiger partial charge is 0.245 e. The van der Waals surface area contributed by atoms with Crippen molar-refractivity contribution < 1.29 is 9.90 Å². The third-order valence-electron chi connectivity index (χ3n) is 2.66. The molecule has 0 fully saturated rings. The normalized spacial score (nSPS) is 14.4.